The molecule has 1 heterocycles. The number of hydrogen-bond acceptors (Lipinski definition) is 1. The lowest BCUT2D eigenvalue weighted by Crippen LogP contribution is -1.90. The van der Waals surface area contributed by atoms with Crippen LogP contribution in [0.2, 0.25) is 0 Å². The minimum Gasteiger partial charge on any atom is -0.456 e. The van der Waals surface area contributed by atoms with Gasteiger partial charge in [0, 0.05) is 10.8 Å². The number of fused-ring (bicyclic) bond motifs is 6. The highest BCUT2D eigenvalue weighted by molar-refractivity contribution is 6.22. The van der Waals surface area contributed by atoms with Crippen LogP contribution in [0, 0.1) is 0 Å². The molecule has 0 aliphatic rings. The van der Waals surface area contributed by atoms with Crippen LogP contribution in [0.15, 0.2) is 137 Å². The Kier molecular flexibility index (Phi) is 2.16. The number of rotatable bonds is 2. The molecule has 0 bridgehead atoms. The molecule has 0 fully saturated rings. The first-order valence-electron chi connectivity index (χ1n) is 19.4. The predicted molar refractivity (Wildman–Crippen MR) is 157 cm³/mol. The quantitative estimate of drug-likeness (QED) is 0.221. The molecule has 0 aliphatic heterocycles. The molecular formula is C36H22O. The SMILES string of the molecule is [2H]c1cc2c(-c3cc([2H])c4c([2H])c([2H])c([2H])c([2H])c4c3)c3cc([2H])c([2H])cc3c(-c3c([2H])c([2H])c4c(oc5c([2H])c([2H])c([2H])c([2H])c54)c3[2H])c2cc1[2H]. The Morgan fingerprint density at radius 1 is 0.432 bits per heavy atom. The zero-order chi connectivity index (χ0) is 38.3. The maximum Gasteiger partial charge on any atom is 0.136 e. The van der Waals surface area contributed by atoms with Crippen molar-refractivity contribution in [3.63, 3.8) is 0 Å². The van der Waals surface area contributed by atoms with Crippen molar-refractivity contribution in [3.05, 3.63) is 133 Å². The van der Waals surface area contributed by atoms with Crippen LogP contribution >= 0.6 is 0 Å². The van der Waals surface area contributed by atoms with Gasteiger partial charge in [-0.05, 0) is 78.8 Å². The molecule has 37 heavy (non-hydrogen) atoms. The largest absolute Gasteiger partial charge is 0.456 e. The van der Waals surface area contributed by atoms with Crippen molar-refractivity contribution in [2.45, 2.75) is 0 Å². The second-order valence-electron chi connectivity index (χ2n) is 8.50. The van der Waals surface area contributed by atoms with Gasteiger partial charge < -0.3 is 4.42 Å². The smallest absolute Gasteiger partial charge is 0.136 e. The first-order valence-corrected chi connectivity index (χ1v) is 11.4. The highest BCUT2D eigenvalue weighted by Gasteiger charge is 2.17. The summed E-state index contributed by atoms with van der Waals surface area (Å²) >= 11 is 0. The minimum absolute atomic E-state index is 0.0178. The van der Waals surface area contributed by atoms with Gasteiger partial charge >= 0.3 is 0 Å². The summed E-state index contributed by atoms with van der Waals surface area (Å²) in [5, 5.41) is 0.580. The summed E-state index contributed by atoms with van der Waals surface area (Å²) < 4.78 is 143. The van der Waals surface area contributed by atoms with E-state index >= 15 is 0 Å². The Morgan fingerprint density at radius 3 is 1.76 bits per heavy atom. The molecule has 0 atom stereocenters. The number of hydrogen-bond donors (Lipinski definition) is 0. The first kappa shape index (κ1) is 10.2. The number of benzene rings is 7. The molecule has 0 N–H and O–H groups in total. The maximum absolute atomic E-state index is 9.38. The number of furan rings is 1. The van der Waals surface area contributed by atoms with E-state index in [4.69, 9.17) is 23.6 Å². The van der Waals surface area contributed by atoms with Crippen LogP contribution in [0.5, 0.6) is 0 Å². The molecule has 0 spiro atoms. The van der Waals surface area contributed by atoms with Gasteiger partial charge in [0.15, 0.2) is 0 Å². The van der Waals surface area contributed by atoms with Gasteiger partial charge in [-0.3, -0.25) is 0 Å². The molecule has 1 heteroatoms. The van der Waals surface area contributed by atoms with Crippen LogP contribution in [0.3, 0.4) is 0 Å². The zero-order valence-corrected chi connectivity index (χ0v) is 18.9. The Bertz CT molecular complexity index is 2950. The second-order valence-corrected chi connectivity index (χ2v) is 8.50. The third-order valence-electron chi connectivity index (χ3n) is 6.50. The Morgan fingerprint density at radius 2 is 1.03 bits per heavy atom. The highest BCUT2D eigenvalue weighted by atomic mass is 16.3. The van der Waals surface area contributed by atoms with Crippen molar-refractivity contribution in [1.82, 2.24) is 0 Å². The van der Waals surface area contributed by atoms with Gasteiger partial charge in [0.2, 0.25) is 0 Å². The summed E-state index contributed by atoms with van der Waals surface area (Å²) in [6.07, 6.45) is 0. The Hall–Kier alpha value is -4.88. The van der Waals surface area contributed by atoms with Crippen molar-refractivity contribution in [2.24, 2.45) is 0 Å². The Labute approximate surface area is 236 Å². The van der Waals surface area contributed by atoms with E-state index in [9.17, 15) is 2.74 Å². The van der Waals surface area contributed by atoms with Gasteiger partial charge in [0.05, 0.1) is 21.9 Å². The molecule has 0 saturated heterocycles. The molecule has 0 amide bonds. The average molecular weight is 487 g/mol. The summed E-state index contributed by atoms with van der Waals surface area (Å²) in [5.74, 6) is 0. The van der Waals surface area contributed by atoms with Gasteiger partial charge in [-0.2, -0.15) is 0 Å². The third-order valence-corrected chi connectivity index (χ3v) is 6.50. The van der Waals surface area contributed by atoms with Crippen LogP contribution in [0.1, 0.15) is 21.9 Å². The maximum atomic E-state index is 9.38. The molecule has 172 valence electrons. The van der Waals surface area contributed by atoms with Gasteiger partial charge in [0.1, 0.15) is 11.2 Å². The zero-order valence-electron chi connectivity index (χ0n) is 34.9. The summed E-state index contributed by atoms with van der Waals surface area (Å²) in [4.78, 5) is 0. The molecule has 8 rings (SSSR count). The summed E-state index contributed by atoms with van der Waals surface area (Å²) in [6, 6.07) is 1.60. The van der Waals surface area contributed by atoms with E-state index in [-0.39, 0.29) is 107 Å². The van der Waals surface area contributed by atoms with E-state index in [1.807, 2.05) is 0 Å². The molecule has 0 unspecified atom stereocenters. The summed E-state index contributed by atoms with van der Waals surface area (Å²) in [6.45, 7) is 0. The van der Waals surface area contributed by atoms with Crippen LogP contribution < -0.4 is 0 Å². The molecule has 0 aliphatic carbocycles. The van der Waals surface area contributed by atoms with E-state index in [0.29, 0.717) is 5.56 Å². The fraction of sp³-hybridized carbons (Fsp3) is 0. The predicted octanol–water partition coefficient (Wildman–Crippen LogP) is 10.4. The van der Waals surface area contributed by atoms with Gasteiger partial charge in [-0.1, -0.05) is 109 Å². The molecule has 8 aromatic rings. The van der Waals surface area contributed by atoms with Crippen molar-refractivity contribution in [3.8, 4) is 22.3 Å². The molecule has 1 aromatic heterocycles. The van der Waals surface area contributed by atoms with E-state index in [1.54, 1.807) is 0 Å². The normalized spacial score (nSPS) is 17.8. The van der Waals surface area contributed by atoms with Crippen molar-refractivity contribution >= 4 is 54.3 Å². The monoisotopic (exact) mass is 486 g/mol. The lowest BCUT2D eigenvalue weighted by molar-refractivity contribution is 0.669. The minimum atomic E-state index is -0.582. The average Bonchev–Trinajstić information content (AvgIpc) is 3.53. The fourth-order valence-corrected chi connectivity index (χ4v) is 4.92. The van der Waals surface area contributed by atoms with Crippen LogP contribution in [-0.2, 0) is 0 Å². The standard InChI is InChI=1S/C36H22O/c1-2-10-24-21-25(18-17-23(24)9-1)35-29-12-3-5-14-31(29)36(32-15-6-4-13-30(32)35)26-19-20-28-27-11-7-8-16-33(27)37-34(28)22-26/h1-22H/i1D,2D,3D,4D,5D,6D,7D,8D,9D,10D,11D,16D,17D,19D,20D,22D. The molecule has 0 radical (unpaired) electrons. The first-order chi connectivity index (χ1) is 25.0. The topological polar surface area (TPSA) is 13.1 Å². The third kappa shape index (κ3) is 3.04. The van der Waals surface area contributed by atoms with Crippen LogP contribution in [-0.4, -0.2) is 0 Å². The summed E-state index contributed by atoms with van der Waals surface area (Å²) in [5.41, 5.74) is -0.141. The number of para-hydroxylation sites is 1. The Balaban J connectivity index is 1.60. The van der Waals surface area contributed by atoms with Crippen LogP contribution in [0.25, 0.3) is 76.5 Å². The van der Waals surface area contributed by atoms with Crippen molar-refractivity contribution < 1.29 is 26.3 Å². The van der Waals surface area contributed by atoms with E-state index < -0.39 is 60.4 Å². The van der Waals surface area contributed by atoms with Gasteiger partial charge in [-0.25, -0.2) is 0 Å². The highest BCUT2D eigenvalue weighted by Crippen LogP contribution is 2.45. The molecular weight excluding hydrogens is 448 g/mol. The summed E-state index contributed by atoms with van der Waals surface area (Å²) in [7, 11) is 0. The lowest BCUT2D eigenvalue weighted by atomic mass is 9.85. The van der Waals surface area contributed by atoms with E-state index in [2.05, 4.69) is 0 Å². The van der Waals surface area contributed by atoms with E-state index in [0.717, 1.165) is 0 Å². The fourth-order valence-electron chi connectivity index (χ4n) is 4.92. The van der Waals surface area contributed by atoms with Gasteiger partial charge in [-0.15, -0.1) is 0 Å². The van der Waals surface area contributed by atoms with E-state index in [1.165, 1.54) is 36.4 Å². The van der Waals surface area contributed by atoms with Crippen LogP contribution in [0.4, 0.5) is 0 Å². The lowest BCUT2D eigenvalue weighted by Gasteiger charge is -2.18. The van der Waals surface area contributed by atoms with Gasteiger partial charge in [0.25, 0.3) is 0 Å². The van der Waals surface area contributed by atoms with Crippen molar-refractivity contribution in [2.75, 3.05) is 0 Å². The molecule has 7 aromatic carbocycles. The molecule has 1 nitrogen and oxygen atoms in total. The van der Waals surface area contributed by atoms with Crippen molar-refractivity contribution in [1.29, 1.82) is 0 Å². The molecule has 0 saturated carbocycles. The second kappa shape index (κ2) is 7.81.